The van der Waals surface area contributed by atoms with E-state index in [0.717, 1.165) is 42.9 Å². The second-order valence-corrected chi connectivity index (χ2v) is 6.05. The maximum atomic E-state index is 9.44. The van der Waals surface area contributed by atoms with E-state index in [-0.39, 0.29) is 12.0 Å². The van der Waals surface area contributed by atoms with Gasteiger partial charge in [0, 0.05) is 23.6 Å². The van der Waals surface area contributed by atoms with E-state index in [2.05, 4.69) is 10.3 Å². The number of benzene rings is 1. The number of aliphatic hydroxyl groups is 1. The van der Waals surface area contributed by atoms with E-state index < -0.39 is 0 Å². The predicted molar refractivity (Wildman–Crippen MR) is 85.5 cm³/mol. The first-order valence-corrected chi connectivity index (χ1v) is 7.78. The quantitative estimate of drug-likeness (QED) is 0.582. The first-order valence-electron chi connectivity index (χ1n) is 7.78. The summed E-state index contributed by atoms with van der Waals surface area (Å²) in [5.74, 6) is 1.84. The van der Waals surface area contributed by atoms with E-state index in [1.54, 1.807) is 0 Å². The number of hydrogen-bond donors (Lipinski definition) is 3. The zero-order valence-corrected chi connectivity index (χ0v) is 12.7. The minimum Gasteiger partial charge on any atom is -0.490 e. The SMILES string of the molecule is NC(=NCC1(CO)CCC1)Nc1ccc2c(c1)OCCCO2. The summed E-state index contributed by atoms with van der Waals surface area (Å²) in [5, 5.41) is 12.5. The first-order chi connectivity index (χ1) is 10.7. The maximum absolute atomic E-state index is 9.44. The predicted octanol–water partition coefficient (Wildman–Crippen LogP) is 1.74. The summed E-state index contributed by atoms with van der Waals surface area (Å²) in [6, 6.07) is 5.63. The van der Waals surface area contributed by atoms with Crippen LogP contribution in [0.3, 0.4) is 0 Å². The molecule has 2 aliphatic rings. The number of nitrogens with two attached hydrogens (primary N) is 1. The van der Waals surface area contributed by atoms with Gasteiger partial charge in [0.1, 0.15) is 0 Å². The Morgan fingerprint density at radius 1 is 1.23 bits per heavy atom. The largest absolute Gasteiger partial charge is 0.490 e. The molecule has 0 amide bonds. The molecule has 4 N–H and O–H groups in total. The Bertz CT molecular complexity index is 550. The van der Waals surface area contributed by atoms with Gasteiger partial charge in [0.15, 0.2) is 17.5 Å². The fraction of sp³-hybridized carbons (Fsp3) is 0.562. The average Bonchev–Trinajstić information content (AvgIpc) is 2.71. The van der Waals surface area contributed by atoms with Crippen molar-refractivity contribution >= 4 is 11.6 Å². The minimum atomic E-state index is -0.0585. The van der Waals surface area contributed by atoms with E-state index in [0.29, 0.717) is 25.7 Å². The van der Waals surface area contributed by atoms with E-state index in [4.69, 9.17) is 15.2 Å². The van der Waals surface area contributed by atoms with Gasteiger partial charge in [0.2, 0.25) is 0 Å². The Labute approximate surface area is 130 Å². The zero-order valence-electron chi connectivity index (χ0n) is 12.7. The Morgan fingerprint density at radius 2 is 2.00 bits per heavy atom. The van der Waals surface area contributed by atoms with Gasteiger partial charge in [-0.05, 0) is 25.0 Å². The molecule has 120 valence electrons. The molecule has 6 heteroatoms. The molecule has 1 aromatic rings. The molecule has 1 heterocycles. The lowest BCUT2D eigenvalue weighted by atomic mass is 9.69. The van der Waals surface area contributed by atoms with Crippen molar-refractivity contribution < 1.29 is 14.6 Å². The molecule has 0 bridgehead atoms. The maximum Gasteiger partial charge on any atom is 0.193 e. The number of nitrogens with zero attached hydrogens (tertiary/aromatic N) is 1. The number of hydrogen-bond acceptors (Lipinski definition) is 4. The number of guanidine groups is 1. The van der Waals surface area contributed by atoms with Crippen LogP contribution >= 0.6 is 0 Å². The van der Waals surface area contributed by atoms with E-state index in [9.17, 15) is 5.11 Å². The van der Waals surface area contributed by atoms with Gasteiger partial charge in [0.25, 0.3) is 0 Å². The standard InChI is InChI=1S/C16H23N3O3/c17-15(18-10-16(11-20)5-1-6-16)19-12-3-4-13-14(9-12)22-8-2-7-21-13/h3-4,9,20H,1-2,5-8,10-11H2,(H3,17,18,19). The molecule has 0 saturated heterocycles. The molecular weight excluding hydrogens is 282 g/mol. The molecule has 1 aliphatic heterocycles. The van der Waals surface area contributed by atoms with Crippen LogP contribution in [-0.2, 0) is 0 Å². The number of anilines is 1. The van der Waals surface area contributed by atoms with Crippen molar-refractivity contribution in [3.05, 3.63) is 18.2 Å². The fourth-order valence-electron chi connectivity index (χ4n) is 2.72. The molecule has 0 aromatic heterocycles. The summed E-state index contributed by atoms with van der Waals surface area (Å²) < 4.78 is 11.2. The smallest absolute Gasteiger partial charge is 0.193 e. The van der Waals surface area contributed by atoms with Crippen LogP contribution in [0.4, 0.5) is 5.69 Å². The molecule has 0 atom stereocenters. The van der Waals surface area contributed by atoms with Crippen molar-refractivity contribution in [2.45, 2.75) is 25.7 Å². The Hall–Kier alpha value is -1.95. The Morgan fingerprint density at radius 3 is 2.68 bits per heavy atom. The van der Waals surface area contributed by atoms with Crippen molar-refractivity contribution in [1.82, 2.24) is 0 Å². The van der Waals surface area contributed by atoms with Gasteiger partial charge in [-0.15, -0.1) is 0 Å². The third kappa shape index (κ3) is 3.27. The van der Waals surface area contributed by atoms with Gasteiger partial charge in [-0.25, -0.2) is 0 Å². The normalized spacial score (nSPS) is 20.0. The van der Waals surface area contributed by atoms with Crippen molar-refractivity contribution in [3.8, 4) is 11.5 Å². The van der Waals surface area contributed by atoms with Crippen molar-refractivity contribution in [3.63, 3.8) is 0 Å². The molecule has 1 aliphatic carbocycles. The average molecular weight is 305 g/mol. The second kappa shape index (κ2) is 6.44. The van der Waals surface area contributed by atoms with Gasteiger partial charge in [-0.2, -0.15) is 0 Å². The Balaban J connectivity index is 1.63. The highest BCUT2D eigenvalue weighted by Gasteiger charge is 2.36. The van der Waals surface area contributed by atoms with Crippen LogP contribution in [0.25, 0.3) is 0 Å². The number of rotatable bonds is 4. The van der Waals surface area contributed by atoms with Gasteiger partial charge < -0.3 is 25.6 Å². The van der Waals surface area contributed by atoms with E-state index >= 15 is 0 Å². The number of aliphatic hydroxyl groups excluding tert-OH is 1. The fourth-order valence-corrected chi connectivity index (χ4v) is 2.72. The summed E-state index contributed by atoms with van der Waals surface area (Å²) in [6.07, 6.45) is 4.07. The van der Waals surface area contributed by atoms with Crippen molar-refractivity contribution in [1.29, 1.82) is 0 Å². The lowest BCUT2D eigenvalue weighted by Crippen LogP contribution is -2.37. The van der Waals surface area contributed by atoms with Crippen LogP contribution in [0, 0.1) is 5.41 Å². The van der Waals surface area contributed by atoms with Crippen LogP contribution in [0.15, 0.2) is 23.2 Å². The highest BCUT2D eigenvalue weighted by Crippen LogP contribution is 2.40. The molecular formula is C16H23N3O3. The molecule has 6 nitrogen and oxygen atoms in total. The molecule has 1 saturated carbocycles. The molecule has 22 heavy (non-hydrogen) atoms. The lowest BCUT2D eigenvalue weighted by molar-refractivity contribution is 0.0540. The highest BCUT2D eigenvalue weighted by molar-refractivity contribution is 5.92. The highest BCUT2D eigenvalue weighted by atomic mass is 16.5. The molecule has 1 aromatic carbocycles. The summed E-state index contributed by atoms with van der Waals surface area (Å²) in [4.78, 5) is 4.37. The third-order valence-electron chi connectivity index (χ3n) is 4.35. The summed E-state index contributed by atoms with van der Waals surface area (Å²) >= 11 is 0. The van der Waals surface area contributed by atoms with Crippen LogP contribution in [0.5, 0.6) is 11.5 Å². The number of aliphatic imine (C=N–C) groups is 1. The second-order valence-electron chi connectivity index (χ2n) is 6.05. The summed E-state index contributed by atoms with van der Waals surface area (Å²) in [5.41, 5.74) is 6.70. The summed E-state index contributed by atoms with van der Waals surface area (Å²) in [7, 11) is 0. The lowest BCUT2D eigenvalue weighted by Gasteiger charge is -2.38. The monoisotopic (exact) mass is 305 g/mol. The topological polar surface area (TPSA) is 89.1 Å². The molecule has 0 spiro atoms. The van der Waals surface area contributed by atoms with Crippen LogP contribution in [-0.4, -0.2) is 37.4 Å². The third-order valence-corrected chi connectivity index (χ3v) is 4.35. The van der Waals surface area contributed by atoms with E-state index in [1.165, 1.54) is 0 Å². The number of ether oxygens (including phenoxy) is 2. The van der Waals surface area contributed by atoms with Crippen LogP contribution in [0.2, 0.25) is 0 Å². The first kappa shape index (κ1) is 15.0. The number of nitrogens with one attached hydrogen (secondary N) is 1. The van der Waals surface area contributed by atoms with E-state index in [1.807, 2.05) is 18.2 Å². The molecule has 1 fully saturated rings. The number of fused-ring (bicyclic) bond motifs is 1. The Kier molecular flexibility index (Phi) is 4.38. The molecule has 0 radical (unpaired) electrons. The van der Waals surface area contributed by atoms with Crippen LogP contribution in [0.1, 0.15) is 25.7 Å². The van der Waals surface area contributed by atoms with Gasteiger partial charge in [-0.3, -0.25) is 4.99 Å². The summed E-state index contributed by atoms with van der Waals surface area (Å²) in [6.45, 7) is 2.06. The van der Waals surface area contributed by atoms with Crippen molar-refractivity contribution in [2.75, 3.05) is 31.7 Å². The minimum absolute atomic E-state index is 0.0585. The van der Waals surface area contributed by atoms with Crippen LogP contribution < -0.4 is 20.5 Å². The van der Waals surface area contributed by atoms with Crippen molar-refractivity contribution in [2.24, 2.45) is 16.1 Å². The van der Waals surface area contributed by atoms with Gasteiger partial charge >= 0.3 is 0 Å². The molecule has 3 rings (SSSR count). The van der Waals surface area contributed by atoms with Gasteiger partial charge in [0.05, 0.1) is 26.4 Å². The zero-order chi connectivity index (χ0) is 15.4. The van der Waals surface area contributed by atoms with Gasteiger partial charge in [-0.1, -0.05) is 6.42 Å². The molecule has 0 unspecified atom stereocenters.